The molecular formula is C120H125NO2. The molecule has 0 bridgehead atoms. The van der Waals surface area contributed by atoms with E-state index >= 15 is 0 Å². The van der Waals surface area contributed by atoms with Crippen molar-refractivity contribution in [2.45, 2.75) is 271 Å². The average Bonchev–Trinajstić information content (AvgIpc) is 1.50. The molecule has 0 radical (unpaired) electrons. The van der Waals surface area contributed by atoms with Crippen molar-refractivity contribution in [1.29, 1.82) is 0 Å². The summed E-state index contributed by atoms with van der Waals surface area (Å²) >= 11 is 0. The van der Waals surface area contributed by atoms with Gasteiger partial charge in [-0.15, -0.1) is 0 Å². The molecular weight excluding hydrogens is 1490 g/mol. The Hall–Kier alpha value is -10.7. The van der Waals surface area contributed by atoms with Gasteiger partial charge in [-0.3, -0.25) is 0 Å². The molecule has 5 aliphatic rings. The molecule has 5 aliphatic carbocycles. The number of unbranched alkanes of at least 4 members (excludes halogenated alkanes) is 16. The van der Waals surface area contributed by atoms with E-state index in [1.54, 1.807) is 11.1 Å². The van der Waals surface area contributed by atoms with Crippen molar-refractivity contribution in [3.05, 3.63) is 303 Å². The third-order valence-electron chi connectivity index (χ3n) is 30.9. The number of furan rings is 2. The maximum atomic E-state index is 7.41. The second-order valence-corrected chi connectivity index (χ2v) is 39.6. The number of benzene rings is 13. The summed E-state index contributed by atoms with van der Waals surface area (Å²) in [5.74, 6) is 0. The summed E-state index contributed by atoms with van der Waals surface area (Å²) < 4.78 is 14.6. The lowest BCUT2D eigenvalue weighted by atomic mass is 9.70. The van der Waals surface area contributed by atoms with Crippen LogP contribution in [0.4, 0.5) is 17.1 Å². The van der Waals surface area contributed by atoms with Crippen LogP contribution < -0.4 is 4.90 Å². The van der Waals surface area contributed by atoms with Gasteiger partial charge in [0.1, 0.15) is 22.3 Å². The van der Waals surface area contributed by atoms with E-state index < -0.39 is 0 Å². The number of hydrogen-bond acceptors (Lipinski definition) is 3. The zero-order valence-corrected chi connectivity index (χ0v) is 75.7. The Bertz CT molecular complexity index is 6600. The van der Waals surface area contributed by atoms with Crippen molar-refractivity contribution >= 4 is 60.9 Å². The van der Waals surface area contributed by atoms with Crippen LogP contribution in [0.3, 0.4) is 0 Å². The van der Waals surface area contributed by atoms with Crippen molar-refractivity contribution in [3.8, 4) is 89.0 Å². The quantitative estimate of drug-likeness (QED) is 0.0420. The second kappa shape index (κ2) is 31.8. The van der Waals surface area contributed by atoms with Gasteiger partial charge in [-0.2, -0.15) is 0 Å². The van der Waals surface area contributed by atoms with Crippen LogP contribution in [0.2, 0.25) is 0 Å². The average molecular weight is 1610 g/mol. The molecule has 0 amide bonds. The van der Waals surface area contributed by atoms with E-state index in [0.717, 1.165) is 48.0 Å². The van der Waals surface area contributed by atoms with Gasteiger partial charge in [-0.25, -0.2) is 0 Å². The number of aryl methyl sites for hydroxylation is 3. The molecule has 123 heavy (non-hydrogen) atoms. The van der Waals surface area contributed by atoms with Crippen LogP contribution in [0.25, 0.3) is 133 Å². The second-order valence-electron chi connectivity index (χ2n) is 39.6. The predicted molar refractivity (Wildman–Crippen MR) is 525 cm³/mol. The third kappa shape index (κ3) is 12.9. The Balaban J connectivity index is 0.689. The Morgan fingerprint density at radius 2 is 0.642 bits per heavy atom. The summed E-state index contributed by atoms with van der Waals surface area (Å²) in [4.78, 5) is 2.67. The molecule has 3 nitrogen and oxygen atoms in total. The predicted octanol–water partition coefficient (Wildman–Crippen LogP) is 35.8. The lowest BCUT2D eigenvalue weighted by molar-refractivity contribution is 0.399. The van der Waals surface area contributed by atoms with E-state index in [0.29, 0.717) is 0 Å². The summed E-state index contributed by atoms with van der Waals surface area (Å²) in [6, 6.07) is 91.0. The van der Waals surface area contributed by atoms with Gasteiger partial charge in [0.2, 0.25) is 0 Å². The first-order valence-corrected chi connectivity index (χ1v) is 47.8. The molecule has 0 spiro atoms. The highest BCUT2D eigenvalue weighted by Gasteiger charge is 2.51. The highest BCUT2D eigenvalue weighted by molar-refractivity contribution is 6.22. The van der Waals surface area contributed by atoms with E-state index in [4.69, 9.17) is 8.83 Å². The van der Waals surface area contributed by atoms with Gasteiger partial charge in [0, 0.05) is 71.1 Å². The molecule has 0 atom stereocenters. The van der Waals surface area contributed by atoms with Crippen molar-refractivity contribution < 1.29 is 8.83 Å². The smallest absolute Gasteiger partial charge is 0.144 e. The van der Waals surface area contributed by atoms with Crippen LogP contribution in [0.1, 0.15) is 296 Å². The summed E-state index contributed by atoms with van der Waals surface area (Å²) in [7, 11) is 0. The van der Waals surface area contributed by atoms with Crippen molar-refractivity contribution in [2.24, 2.45) is 0 Å². The van der Waals surface area contributed by atoms with Crippen LogP contribution in [0.15, 0.2) is 239 Å². The zero-order valence-electron chi connectivity index (χ0n) is 75.7. The number of rotatable bonds is 30. The maximum Gasteiger partial charge on any atom is 0.144 e. The van der Waals surface area contributed by atoms with Crippen molar-refractivity contribution in [2.75, 3.05) is 4.90 Å². The zero-order chi connectivity index (χ0) is 84.4. The van der Waals surface area contributed by atoms with E-state index in [1.807, 2.05) is 0 Å². The highest BCUT2D eigenvalue weighted by atomic mass is 16.3. The molecule has 13 aromatic carbocycles. The van der Waals surface area contributed by atoms with Crippen LogP contribution in [0.5, 0.6) is 0 Å². The molecule has 0 saturated heterocycles. The summed E-state index contributed by atoms with van der Waals surface area (Å²) in [6.45, 7) is 31.2. The Kier molecular flexibility index (Phi) is 20.8. The lowest BCUT2D eigenvalue weighted by Crippen LogP contribution is -2.26. The van der Waals surface area contributed by atoms with Gasteiger partial charge < -0.3 is 13.7 Å². The fourth-order valence-corrected chi connectivity index (χ4v) is 24.8. The van der Waals surface area contributed by atoms with Crippen LogP contribution in [0, 0.1) is 20.8 Å². The molecule has 0 aliphatic heterocycles. The first-order chi connectivity index (χ1) is 59.8. The summed E-state index contributed by atoms with van der Waals surface area (Å²) in [6.07, 6.45) is 29.8. The van der Waals surface area contributed by atoms with Gasteiger partial charge in [0.25, 0.3) is 0 Å². The van der Waals surface area contributed by atoms with Gasteiger partial charge in [-0.1, -0.05) is 373 Å². The molecule has 0 unspecified atom stereocenters. The van der Waals surface area contributed by atoms with Crippen LogP contribution in [-0.4, -0.2) is 0 Å². The van der Waals surface area contributed by atoms with Gasteiger partial charge >= 0.3 is 0 Å². The monoisotopic (exact) mass is 1610 g/mol. The van der Waals surface area contributed by atoms with Gasteiger partial charge in [0.05, 0.1) is 5.69 Å². The molecule has 3 heteroatoms. The van der Waals surface area contributed by atoms with E-state index in [2.05, 4.69) is 325 Å². The van der Waals surface area contributed by atoms with Crippen molar-refractivity contribution in [1.82, 2.24) is 0 Å². The Labute approximate surface area is 732 Å². The SMILES string of the molecule is CCCCCCCC1(CCCCCCC)c2ccccc2-c2ccc(-c3ccc4c(c3)C(C)(C)c3cc(-c5ccc(-c6cc7c(c8c6oc6ccccc68)-c6ccc(N(c8ccc9c(c8)C(C)(C)c8c%10c(c%11oc%12ccccc%12c%11c8-9)-c8ccccc8C%10(C)C)c8c(C)cc(C)cc8C)cc6C7(CCCCCCC)CCCCCCC)cc5)ccc3-4)cc21. The molecule has 622 valence electrons. The number of fused-ring (bicyclic) bond motifs is 25. The highest BCUT2D eigenvalue weighted by Crippen LogP contribution is 2.66. The fourth-order valence-electron chi connectivity index (χ4n) is 24.8. The number of nitrogens with zero attached hydrogens (tertiary/aromatic N) is 1. The largest absolute Gasteiger partial charge is 0.455 e. The normalized spacial score (nSPS) is 15.2. The van der Waals surface area contributed by atoms with E-state index in [9.17, 15) is 0 Å². The lowest BCUT2D eigenvalue weighted by Gasteiger charge is -2.35. The minimum absolute atomic E-state index is 0.0399. The van der Waals surface area contributed by atoms with Crippen LogP contribution >= 0.6 is 0 Å². The molecule has 2 heterocycles. The molecule has 0 fully saturated rings. The third-order valence-corrected chi connectivity index (χ3v) is 30.9. The fraction of sp³-hybridized carbons (Fsp3) is 0.350. The topological polar surface area (TPSA) is 29.5 Å². The Morgan fingerprint density at radius 3 is 1.20 bits per heavy atom. The summed E-state index contributed by atoms with van der Waals surface area (Å²) in [5.41, 5.74) is 45.7. The first-order valence-electron chi connectivity index (χ1n) is 47.8. The maximum absolute atomic E-state index is 7.41. The minimum Gasteiger partial charge on any atom is -0.455 e. The first kappa shape index (κ1) is 80.7. The molecule has 15 aromatic rings. The van der Waals surface area contributed by atoms with Crippen LogP contribution in [-0.2, 0) is 27.1 Å². The Morgan fingerprint density at radius 1 is 0.268 bits per heavy atom. The molecule has 0 saturated carbocycles. The number of para-hydroxylation sites is 2. The minimum atomic E-state index is -0.368. The summed E-state index contributed by atoms with van der Waals surface area (Å²) in [5, 5.41) is 4.85. The van der Waals surface area contributed by atoms with Gasteiger partial charge in [0.15, 0.2) is 0 Å². The van der Waals surface area contributed by atoms with E-state index in [1.165, 1.54) is 317 Å². The van der Waals surface area contributed by atoms with Crippen molar-refractivity contribution in [3.63, 3.8) is 0 Å². The van der Waals surface area contributed by atoms with Gasteiger partial charge in [-0.05, 0) is 252 Å². The molecule has 2 aromatic heterocycles. The number of anilines is 3. The molecule has 20 rings (SSSR count). The van der Waals surface area contributed by atoms with E-state index in [-0.39, 0.29) is 27.1 Å². The standard InChI is InChI=1S/C120H125NO2/c1-14-18-22-26-38-64-119(65-39-27-23-19-15-2)97-47-35-30-42-86(97)89-61-56-83(72-101(89)119)82-55-60-88-87-59-54-81(70-98(87)116(8,9)99(88)71-82)79-50-52-80(53-51-79)95-75-103-106(108-93-44-32-36-48-104(93)122-114(95)108)92-63-58-85(74-102(92)120(103,66-40-28-24-20-16-3)67-41-29-25-21-17-4)121(113-77(6)68-76(5)69-78(113)7)84-57-62-91-100(73-84)118(12,13)111-107(91)109-94-45-33-37-49-105(94)123-115(109)110-90-43-31-34-46-96(90)117(10,11)112(110)111/h30-37,42-63,68-75H,14-29,38-41,64-67H2,1-13H3. The number of hydrogen-bond donors (Lipinski definition) is 0. The molecule has 0 N–H and O–H groups in total.